The third-order valence-electron chi connectivity index (χ3n) is 2.51. The molecule has 1 amide bonds. The van der Waals surface area contributed by atoms with Crippen LogP contribution in [0.1, 0.15) is 43.5 Å². The van der Waals surface area contributed by atoms with E-state index in [-0.39, 0.29) is 17.1 Å². The first kappa shape index (κ1) is 13.8. The highest BCUT2D eigenvalue weighted by atomic mass is 35.5. The fourth-order valence-electron chi connectivity index (χ4n) is 1.52. The number of halogens is 1. The molecule has 4 nitrogen and oxygen atoms in total. The van der Waals surface area contributed by atoms with Gasteiger partial charge in [-0.05, 0) is 19.4 Å². The van der Waals surface area contributed by atoms with Crippen LogP contribution in [0.3, 0.4) is 0 Å². The molecule has 0 radical (unpaired) electrons. The van der Waals surface area contributed by atoms with Crippen molar-refractivity contribution in [2.75, 3.05) is 5.73 Å². The van der Waals surface area contributed by atoms with E-state index in [0.29, 0.717) is 11.3 Å². The second-order valence-electron chi connectivity index (χ2n) is 4.11. The first-order valence-electron chi connectivity index (χ1n) is 5.76. The summed E-state index contributed by atoms with van der Waals surface area (Å²) in [5, 5.41) is 3.16. The molecule has 1 rings (SSSR count). The fraction of sp³-hybridized carbons (Fsp3) is 0.500. The van der Waals surface area contributed by atoms with Crippen LogP contribution in [0.4, 0.5) is 5.69 Å². The van der Waals surface area contributed by atoms with Gasteiger partial charge < -0.3 is 11.1 Å². The van der Waals surface area contributed by atoms with E-state index >= 15 is 0 Å². The average molecular weight is 256 g/mol. The predicted octanol–water partition coefficient (Wildman–Crippen LogP) is 2.63. The molecule has 1 atom stereocenters. The van der Waals surface area contributed by atoms with Crippen LogP contribution in [0.5, 0.6) is 0 Å². The first-order valence-corrected chi connectivity index (χ1v) is 6.14. The maximum atomic E-state index is 11.9. The SMILES string of the molecule is CCCCC(C)NC(=O)c1cc(Cl)ncc1N. The molecule has 1 aromatic rings. The number of nitrogen functional groups attached to an aromatic ring is 1. The Morgan fingerprint density at radius 3 is 3.00 bits per heavy atom. The largest absolute Gasteiger partial charge is 0.397 e. The number of nitrogens with two attached hydrogens (primary N) is 1. The van der Waals surface area contributed by atoms with Crippen molar-refractivity contribution in [3.05, 3.63) is 23.0 Å². The van der Waals surface area contributed by atoms with Crippen LogP contribution in [0.25, 0.3) is 0 Å². The summed E-state index contributed by atoms with van der Waals surface area (Å²) in [5.74, 6) is -0.199. The van der Waals surface area contributed by atoms with Gasteiger partial charge in [0.1, 0.15) is 5.15 Å². The molecule has 3 N–H and O–H groups in total. The second-order valence-corrected chi connectivity index (χ2v) is 4.50. The molecule has 0 spiro atoms. The number of amides is 1. The topological polar surface area (TPSA) is 68.0 Å². The highest BCUT2D eigenvalue weighted by Crippen LogP contribution is 2.15. The molecule has 0 fully saturated rings. The van der Waals surface area contributed by atoms with Gasteiger partial charge in [0, 0.05) is 6.04 Å². The molecule has 1 heterocycles. The number of pyridine rings is 1. The monoisotopic (exact) mass is 255 g/mol. The molecule has 5 heteroatoms. The van der Waals surface area contributed by atoms with Crippen LogP contribution in [0.2, 0.25) is 5.15 Å². The zero-order chi connectivity index (χ0) is 12.8. The highest BCUT2D eigenvalue weighted by Gasteiger charge is 2.13. The van der Waals surface area contributed by atoms with Gasteiger partial charge in [-0.25, -0.2) is 4.98 Å². The van der Waals surface area contributed by atoms with Crippen molar-refractivity contribution in [3.63, 3.8) is 0 Å². The third-order valence-corrected chi connectivity index (χ3v) is 2.72. The molecule has 0 aliphatic rings. The third kappa shape index (κ3) is 4.23. The summed E-state index contributed by atoms with van der Waals surface area (Å²) in [6.07, 6.45) is 4.56. The molecule has 0 aromatic carbocycles. The summed E-state index contributed by atoms with van der Waals surface area (Å²) < 4.78 is 0. The number of hydrogen-bond donors (Lipinski definition) is 2. The van der Waals surface area contributed by atoms with Crippen molar-refractivity contribution in [3.8, 4) is 0 Å². The zero-order valence-electron chi connectivity index (χ0n) is 10.2. The maximum Gasteiger partial charge on any atom is 0.253 e. The summed E-state index contributed by atoms with van der Waals surface area (Å²) in [5.41, 5.74) is 6.41. The molecule has 94 valence electrons. The van der Waals surface area contributed by atoms with Crippen LogP contribution < -0.4 is 11.1 Å². The zero-order valence-corrected chi connectivity index (χ0v) is 10.9. The van der Waals surface area contributed by atoms with Gasteiger partial charge in [-0.2, -0.15) is 0 Å². The fourth-order valence-corrected chi connectivity index (χ4v) is 1.68. The lowest BCUT2D eigenvalue weighted by Gasteiger charge is -2.14. The minimum atomic E-state index is -0.199. The van der Waals surface area contributed by atoms with E-state index in [1.54, 1.807) is 0 Å². The van der Waals surface area contributed by atoms with Crippen molar-refractivity contribution in [2.24, 2.45) is 0 Å². The molecule has 1 unspecified atom stereocenters. The Labute approximate surface area is 107 Å². The lowest BCUT2D eigenvalue weighted by Crippen LogP contribution is -2.33. The van der Waals surface area contributed by atoms with Crippen LogP contribution in [-0.2, 0) is 0 Å². The molecule has 0 aliphatic carbocycles. The van der Waals surface area contributed by atoms with E-state index in [1.807, 2.05) is 6.92 Å². The Hall–Kier alpha value is -1.29. The molecule has 0 saturated heterocycles. The Balaban J connectivity index is 2.66. The number of nitrogens with zero attached hydrogens (tertiary/aromatic N) is 1. The summed E-state index contributed by atoms with van der Waals surface area (Å²) >= 11 is 5.73. The van der Waals surface area contributed by atoms with E-state index < -0.39 is 0 Å². The van der Waals surface area contributed by atoms with Gasteiger partial charge >= 0.3 is 0 Å². The van der Waals surface area contributed by atoms with E-state index in [2.05, 4.69) is 17.2 Å². The van der Waals surface area contributed by atoms with Crippen molar-refractivity contribution in [2.45, 2.75) is 39.2 Å². The van der Waals surface area contributed by atoms with Gasteiger partial charge in [0.15, 0.2) is 0 Å². The molecule has 0 bridgehead atoms. The standard InChI is InChI=1S/C12H18ClN3O/c1-3-4-5-8(2)16-12(17)9-6-11(13)15-7-10(9)14/h6-8H,3-5,14H2,1-2H3,(H,16,17). The van der Waals surface area contributed by atoms with Crippen LogP contribution in [0, 0.1) is 0 Å². The number of unbranched alkanes of at least 4 members (excludes halogenated alkanes) is 1. The van der Waals surface area contributed by atoms with Crippen molar-refractivity contribution >= 4 is 23.2 Å². The number of aromatic nitrogens is 1. The van der Waals surface area contributed by atoms with Gasteiger partial charge in [-0.1, -0.05) is 31.4 Å². The van der Waals surface area contributed by atoms with Gasteiger partial charge in [0.2, 0.25) is 0 Å². The normalized spacial score (nSPS) is 12.2. The summed E-state index contributed by atoms with van der Waals surface area (Å²) in [4.78, 5) is 15.7. The van der Waals surface area contributed by atoms with E-state index in [1.165, 1.54) is 12.3 Å². The minimum absolute atomic E-state index is 0.133. The van der Waals surface area contributed by atoms with Gasteiger partial charge in [-0.15, -0.1) is 0 Å². The summed E-state index contributed by atoms with van der Waals surface area (Å²) in [7, 11) is 0. The second kappa shape index (κ2) is 6.45. The lowest BCUT2D eigenvalue weighted by atomic mass is 10.1. The Bertz CT molecular complexity index is 395. The molecule has 1 aromatic heterocycles. The number of nitrogens with one attached hydrogen (secondary N) is 1. The molecule has 17 heavy (non-hydrogen) atoms. The van der Waals surface area contributed by atoms with Gasteiger partial charge in [-0.3, -0.25) is 4.79 Å². The molecular formula is C12H18ClN3O. The van der Waals surface area contributed by atoms with Crippen molar-refractivity contribution < 1.29 is 4.79 Å². The average Bonchev–Trinajstić information content (AvgIpc) is 2.29. The van der Waals surface area contributed by atoms with Crippen molar-refractivity contribution in [1.29, 1.82) is 0 Å². The number of anilines is 1. The number of carbonyl (C=O) groups excluding carboxylic acids is 1. The van der Waals surface area contributed by atoms with E-state index in [0.717, 1.165) is 19.3 Å². The number of hydrogen-bond acceptors (Lipinski definition) is 3. The molecular weight excluding hydrogens is 238 g/mol. The predicted molar refractivity (Wildman–Crippen MR) is 70.1 cm³/mol. The number of carbonyl (C=O) groups is 1. The van der Waals surface area contributed by atoms with E-state index in [9.17, 15) is 4.79 Å². The van der Waals surface area contributed by atoms with E-state index in [4.69, 9.17) is 17.3 Å². The minimum Gasteiger partial charge on any atom is -0.397 e. The number of rotatable bonds is 5. The maximum absolute atomic E-state index is 11.9. The van der Waals surface area contributed by atoms with Crippen molar-refractivity contribution in [1.82, 2.24) is 10.3 Å². The Kier molecular flexibility index (Phi) is 5.22. The first-order chi connectivity index (χ1) is 8.04. The molecule has 0 saturated carbocycles. The lowest BCUT2D eigenvalue weighted by molar-refractivity contribution is 0.0939. The summed E-state index contributed by atoms with van der Waals surface area (Å²) in [6, 6.07) is 1.62. The summed E-state index contributed by atoms with van der Waals surface area (Å²) in [6.45, 7) is 4.10. The smallest absolute Gasteiger partial charge is 0.253 e. The Morgan fingerprint density at radius 1 is 1.65 bits per heavy atom. The Morgan fingerprint density at radius 2 is 2.35 bits per heavy atom. The van der Waals surface area contributed by atoms with Crippen LogP contribution in [-0.4, -0.2) is 16.9 Å². The van der Waals surface area contributed by atoms with Gasteiger partial charge in [0.25, 0.3) is 5.91 Å². The quantitative estimate of drug-likeness (QED) is 0.795. The van der Waals surface area contributed by atoms with Gasteiger partial charge in [0.05, 0.1) is 17.4 Å². The van der Waals surface area contributed by atoms with Crippen LogP contribution >= 0.6 is 11.6 Å². The molecule has 0 aliphatic heterocycles. The highest BCUT2D eigenvalue weighted by molar-refractivity contribution is 6.29. The van der Waals surface area contributed by atoms with Crippen LogP contribution in [0.15, 0.2) is 12.3 Å².